The predicted octanol–water partition coefficient (Wildman–Crippen LogP) is 2.43. The molecule has 1 N–H and O–H groups in total. The van der Waals surface area contributed by atoms with Crippen LogP contribution in [0.4, 0.5) is 4.39 Å². The van der Waals surface area contributed by atoms with E-state index in [0.29, 0.717) is 5.56 Å². The van der Waals surface area contributed by atoms with Gasteiger partial charge in [-0.1, -0.05) is 35.5 Å². The van der Waals surface area contributed by atoms with E-state index in [4.69, 9.17) is 5.11 Å². The van der Waals surface area contributed by atoms with Gasteiger partial charge in [0.2, 0.25) is 0 Å². The zero-order valence-electron chi connectivity index (χ0n) is 8.13. The lowest BCUT2D eigenvalue weighted by Gasteiger charge is -2.02. The number of halogens is 1. The van der Waals surface area contributed by atoms with Crippen molar-refractivity contribution in [3.63, 3.8) is 0 Å². The summed E-state index contributed by atoms with van der Waals surface area (Å²) in [5.74, 6) is -1.35. The van der Waals surface area contributed by atoms with Gasteiger partial charge in [0, 0.05) is 6.07 Å². The van der Waals surface area contributed by atoms with Crippen molar-refractivity contribution < 1.29 is 18.8 Å². The minimum atomic E-state index is -1.50. The highest BCUT2D eigenvalue weighted by molar-refractivity contribution is 5.85. The van der Waals surface area contributed by atoms with Crippen LogP contribution in [0.15, 0.2) is 40.9 Å². The van der Waals surface area contributed by atoms with Gasteiger partial charge in [-0.05, 0) is 5.56 Å². The molecule has 1 atom stereocenters. The van der Waals surface area contributed by atoms with Gasteiger partial charge < -0.3 is 9.63 Å². The monoisotopic (exact) mass is 221 g/mol. The molecule has 4 nitrogen and oxygen atoms in total. The maximum Gasteiger partial charge on any atom is 0.358 e. The summed E-state index contributed by atoms with van der Waals surface area (Å²) >= 11 is 0. The first-order chi connectivity index (χ1) is 7.68. The van der Waals surface area contributed by atoms with Crippen molar-refractivity contribution in [1.82, 2.24) is 5.16 Å². The van der Waals surface area contributed by atoms with Crippen LogP contribution in [-0.4, -0.2) is 16.2 Å². The Bertz CT molecular complexity index is 495. The van der Waals surface area contributed by atoms with Gasteiger partial charge in [0.25, 0.3) is 0 Å². The molecular formula is C11H8FNO3. The van der Waals surface area contributed by atoms with E-state index in [-0.39, 0.29) is 11.5 Å². The fourth-order valence-corrected chi connectivity index (χ4v) is 1.30. The molecule has 0 fully saturated rings. The molecule has 1 aromatic heterocycles. The minimum absolute atomic E-state index is 0.108. The topological polar surface area (TPSA) is 63.3 Å². The van der Waals surface area contributed by atoms with Crippen LogP contribution in [0.1, 0.15) is 28.0 Å². The van der Waals surface area contributed by atoms with Crippen molar-refractivity contribution in [2.24, 2.45) is 0 Å². The van der Waals surface area contributed by atoms with Gasteiger partial charge in [-0.15, -0.1) is 0 Å². The van der Waals surface area contributed by atoms with E-state index in [2.05, 4.69) is 9.68 Å². The molecule has 0 aliphatic carbocycles. The molecule has 2 rings (SSSR count). The van der Waals surface area contributed by atoms with Gasteiger partial charge in [0.1, 0.15) is 0 Å². The molecule has 1 aromatic carbocycles. The van der Waals surface area contributed by atoms with E-state index < -0.39 is 12.1 Å². The minimum Gasteiger partial charge on any atom is -0.476 e. The fourth-order valence-electron chi connectivity index (χ4n) is 1.30. The summed E-state index contributed by atoms with van der Waals surface area (Å²) in [7, 11) is 0. The normalized spacial score (nSPS) is 12.3. The largest absolute Gasteiger partial charge is 0.476 e. The molecule has 2 aromatic rings. The highest BCUT2D eigenvalue weighted by Gasteiger charge is 2.20. The number of carbonyl (C=O) groups is 1. The molecule has 0 bridgehead atoms. The fraction of sp³-hybridized carbons (Fsp3) is 0.0909. The third kappa shape index (κ3) is 1.93. The summed E-state index contributed by atoms with van der Waals surface area (Å²) in [6.07, 6.45) is -1.50. The van der Waals surface area contributed by atoms with Crippen molar-refractivity contribution in [2.45, 2.75) is 6.17 Å². The van der Waals surface area contributed by atoms with Crippen molar-refractivity contribution in [3.05, 3.63) is 53.4 Å². The molecule has 0 aliphatic heterocycles. The molecule has 82 valence electrons. The number of carboxylic acid groups (broad SMARTS) is 1. The Balaban J connectivity index is 2.27. The Morgan fingerprint density at radius 3 is 2.62 bits per heavy atom. The molecule has 16 heavy (non-hydrogen) atoms. The van der Waals surface area contributed by atoms with Crippen LogP contribution in [0.2, 0.25) is 0 Å². The second-order valence-electron chi connectivity index (χ2n) is 3.19. The zero-order valence-corrected chi connectivity index (χ0v) is 8.13. The number of aromatic nitrogens is 1. The van der Waals surface area contributed by atoms with Crippen molar-refractivity contribution in [2.75, 3.05) is 0 Å². The summed E-state index contributed by atoms with van der Waals surface area (Å²) < 4.78 is 18.5. The standard InChI is InChI=1S/C11H8FNO3/c12-10(7-4-2-1-3-5-7)9-6-8(11(14)15)13-16-9/h1-6,10H,(H,14,15). The SMILES string of the molecule is O=C(O)c1cc(C(F)c2ccccc2)on1. The Kier molecular flexibility index (Phi) is 2.68. The lowest BCUT2D eigenvalue weighted by Crippen LogP contribution is -1.95. The van der Waals surface area contributed by atoms with E-state index in [0.717, 1.165) is 6.07 Å². The van der Waals surface area contributed by atoms with E-state index in [1.807, 2.05) is 0 Å². The number of rotatable bonds is 3. The van der Waals surface area contributed by atoms with E-state index in [1.165, 1.54) is 0 Å². The molecule has 0 amide bonds. The maximum atomic E-state index is 13.8. The van der Waals surface area contributed by atoms with E-state index in [9.17, 15) is 9.18 Å². The predicted molar refractivity (Wildman–Crippen MR) is 52.9 cm³/mol. The summed E-state index contributed by atoms with van der Waals surface area (Å²) in [6, 6.07) is 9.41. The van der Waals surface area contributed by atoms with Crippen LogP contribution < -0.4 is 0 Å². The van der Waals surface area contributed by atoms with Crippen molar-refractivity contribution in [3.8, 4) is 0 Å². The lowest BCUT2D eigenvalue weighted by atomic mass is 10.1. The Hall–Kier alpha value is -2.17. The molecule has 0 saturated carbocycles. The second kappa shape index (κ2) is 4.14. The number of hydrogen-bond donors (Lipinski definition) is 1. The lowest BCUT2D eigenvalue weighted by molar-refractivity contribution is 0.0685. The number of benzene rings is 1. The molecule has 0 spiro atoms. The first-order valence-electron chi connectivity index (χ1n) is 4.57. The van der Waals surface area contributed by atoms with Crippen LogP contribution in [-0.2, 0) is 0 Å². The van der Waals surface area contributed by atoms with Crippen LogP contribution in [0, 0.1) is 0 Å². The smallest absolute Gasteiger partial charge is 0.358 e. The number of hydrogen-bond acceptors (Lipinski definition) is 3. The third-order valence-electron chi connectivity index (χ3n) is 2.09. The number of carboxylic acids is 1. The average molecular weight is 221 g/mol. The van der Waals surface area contributed by atoms with Gasteiger partial charge in [-0.25, -0.2) is 9.18 Å². The average Bonchev–Trinajstić information content (AvgIpc) is 2.78. The number of alkyl halides is 1. The van der Waals surface area contributed by atoms with Gasteiger partial charge in [-0.3, -0.25) is 0 Å². The molecular weight excluding hydrogens is 213 g/mol. The molecule has 5 heteroatoms. The van der Waals surface area contributed by atoms with Crippen LogP contribution in [0.3, 0.4) is 0 Å². The summed E-state index contributed by atoms with van der Waals surface area (Å²) in [6.45, 7) is 0. The summed E-state index contributed by atoms with van der Waals surface area (Å²) in [5, 5.41) is 11.9. The maximum absolute atomic E-state index is 13.8. The number of nitrogens with zero attached hydrogens (tertiary/aromatic N) is 1. The van der Waals surface area contributed by atoms with Gasteiger partial charge >= 0.3 is 5.97 Å². The molecule has 1 heterocycles. The first-order valence-corrected chi connectivity index (χ1v) is 4.57. The van der Waals surface area contributed by atoms with Crippen molar-refractivity contribution >= 4 is 5.97 Å². The Morgan fingerprint density at radius 1 is 1.38 bits per heavy atom. The van der Waals surface area contributed by atoms with E-state index >= 15 is 0 Å². The van der Waals surface area contributed by atoms with E-state index in [1.54, 1.807) is 30.3 Å². The van der Waals surface area contributed by atoms with Gasteiger partial charge in [0.05, 0.1) is 0 Å². The Labute approximate surface area is 90.3 Å². The third-order valence-corrected chi connectivity index (χ3v) is 2.09. The summed E-state index contributed by atoms with van der Waals surface area (Å²) in [4.78, 5) is 10.5. The van der Waals surface area contributed by atoms with Crippen LogP contribution >= 0.6 is 0 Å². The quantitative estimate of drug-likeness (QED) is 0.864. The van der Waals surface area contributed by atoms with Gasteiger partial charge in [0.15, 0.2) is 17.6 Å². The molecule has 1 unspecified atom stereocenters. The highest BCUT2D eigenvalue weighted by Crippen LogP contribution is 2.26. The van der Waals surface area contributed by atoms with Gasteiger partial charge in [-0.2, -0.15) is 0 Å². The molecule has 0 aliphatic rings. The highest BCUT2D eigenvalue weighted by atomic mass is 19.1. The van der Waals surface area contributed by atoms with Crippen molar-refractivity contribution in [1.29, 1.82) is 0 Å². The molecule has 0 radical (unpaired) electrons. The van der Waals surface area contributed by atoms with Crippen LogP contribution in [0.5, 0.6) is 0 Å². The first kappa shape index (κ1) is 10.4. The second-order valence-corrected chi connectivity index (χ2v) is 3.19. The zero-order chi connectivity index (χ0) is 11.5. The summed E-state index contributed by atoms with van der Waals surface area (Å²) in [5.41, 5.74) is 0.101. The van der Waals surface area contributed by atoms with Crippen LogP contribution in [0.25, 0.3) is 0 Å². The Morgan fingerprint density at radius 2 is 2.06 bits per heavy atom. The molecule has 0 saturated heterocycles. The number of aromatic carboxylic acids is 1.